The van der Waals surface area contributed by atoms with Crippen molar-refractivity contribution in [3.8, 4) is 0 Å². The number of anilines is 1. The summed E-state index contributed by atoms with van der Waals surface area (Å²) in [4.78, 5) is 0.0326. The maximum Gasteiger partial charge on any atom is 0.241 e. The normalized spacial score (nSPS) is 12.1. The van der Waals surface area contributed by atoms with E-state index in [4.69, 9.17) is 10.5 Å². The summed E-state index contributed by atoms with van der Waals surface area (Å²) in [5.41, 5.74) is 5.98. The molecule has 1 aromatic carbocycles. The van der Waals surface area contributed by atoms with Gasteiger partial charge in [-0.3, -0.25) is 0 Å². The smallest absolute Gasteiger partial charge is 0.241 e. The van der Waals surface area contributed by atoms with Crippen molar-refractivity contribution in [2.45, 2.75) is 32.6 Å². The second-order valence-corrected chi connectivity index (χ2v) is 7.11. The lowest BCUT2D eigenvalue weighted by Gasteiger charge is -2.14. The Balaban J connectivity index is 2.82. The summed E-state index contributed by atoms with van der Waals surface area (Å²) in [6.07, 6.45) is 0. The number of nitrogens with one attached hydrogen (secondary N) is 1. The predicted molar refractivity (Wildman–Crippen MR) is 81.1 cm³/mol. The van der Waals surface area contributed by atoms with Gasteiger partial charge in [0, 0.05) is 13.2 Å². The number of nitrogen functional groups attached to an aromatic ring is 1. The molecular formula is C14H23FN2O3S. The van der Waals surface area contributed by atoms with Crippen LogP contribution in [0.15, 0.2) is 11.0 Å². The summed E-state index contributed by atoms with van der Waals surface area (Å²) in [7, 11) is -3.74. The van der Waals surface area contributed by atoms with Gasteiger partial charge in [-0.25, -0.2) is 17.5 Å². The molecule has 0 aromatic heterocycles. The number of rotatable bonds is 7. The zero-order chi connectivity index (χ0) is 16.2. The maximum absolute atomic E-state index is 13.5. The minimum absolute atomic E-state index is 0.0326. The third kappa shape index (κ3) is 4.66. The standard InChI is InChI=1S/C14H23FN2O3S/c1-9(2)8-20-6-5-17-21(18,19)14-10(3)7-12(15)13(16)11(14)4/h7,9,17H,5-6,8,16H2,1-4H3. The summed E-state index contributed by atoms with van der Waals surface area (Å²) in [6, 6.07) is 1.13. The van der Waals surface area contributed by atoms with E-state index in [1.807, 2.05) is 13.8 Å². The molecule has 0 spiro atoms. The second-order valence-electron chi connectivity index (χ2n) is 5.41. The van der Waals surface area contributed by atoms with E-state index in [2.05, 4.69) is 4.72 Å². The molecule has 0 bridgehead atoms. The predicted octanol–water partition coefficient (Wildman–Crippen LogP) is 1.98. The van der Waals surface area contributed by atoms with Crippen LogP contribution in [0.25, 0.3) is 0 Å². The number of ether oxygens (including phenoxy) is 1. The van der Waals surface area contributed by atoms with E-state index >= 15 is 0 Å². The molecule has 0 fully saturated rings. The van der Waals surface area contributed by atoms with Crippen molar-refractivity contribution in [3.05, 3.63) is 23.0 Å². The van der Waals surface area contributed by atoms with Crippen LogP contribution in [-0.4, -0.2) is 28.2 Å². The van der Waals surface area contributed by atoms with Gasteiger partial charge in [-0.2, -0.15) is 0 Å². The van der Waals surface area contributed by atoms with Gasteiger partial charge in [0.15, 0.2) is 0 Å². The average Bonchev–Trinajstić information content (AvgIpc) is 2.34. The van der Waals surface area contributed by atoms with E-state index in [0.29, 0.717) is 18.1 Å². The quantitative estimate of drug-likeness (QED) is 0.595. The molecule has 0 atom stereocenters. The number of hydrogen-bond donors (Lipinski definition) is 2. The molecule has 0 saturated carbocycles. The molecular weight excluding hydrogens is 295 g/mol. The first-order valence-electron chi connectivity index (χ1n) is 6.79. The van der Waals surface area contributed by atoms with E-state index in [0.717, 1.165) is 6.07 Å². The molecule has 0 heterocycles. The van der Waals surface area contributed by atoms with Crippen molar-refractivity contribution in [2.75, 3.05) is 25.5 Å². The summed E-state index contributed by atoms with van der Waals surface area (Å²) >= 11 is 0. The van der Waals surface area contributed by atoms with Crippen molar-refractivity contribution in [1.82, 2.24) is 4.72 Å². The van der Waals surface area contributed by atoms with Crippen LogP contribution in [0.4, 0.5) is 10.1 Å². The van der Waals surface area contributed by atoms with Crippen LogP contribution in [-0.2, 0) is 14.8 Å². The number of hydrogen-bond acceptors (Lipinski definition) is 4. The number of benzene rings is 1. The first-order chi connectivity index (χ1) is 9.66. The Bertz CT molecular complexity index is 601. The van der Waals surface area contributed by atoms with Crippen LogP contribution < -0.4 is 10.5 Å². The van der Waals surface area contributed by atoms with E-state index in [1.165, 1.54) is 6.92 Å². The summed E-state index contributed by atoms with van der Waals surface area (Å²) < 4.78 is 45.8. The Morgan fingerprint density at radius 2 is 2.00 bits per heavy atom. The maximum atomic E-state index is 13.5. The van der Waals surface area contributed by atoms with Crippen LogP contribution in [0.1, 0.15) is 25.0 Å². The van der Waals surface area contributed by atoms with Gasteiger partial charge in [0.1, 0.15) is 5.82 Å². The lowest BCUT2D eigenvalue weighted by molar-refractivity contribution is 0.114. The molecule has 0 unspecified atom stereocenters. The van der Waals surface area contributed by atoms with E-state index < -0.39 is 15.8 Å². The number of aryl methyl sites for hydroxylation is 1. The monoisotopic (exact) mass is 318 g/mol. The number of sulfonamides is 1. The highest BCUT2D eigenvalue weighted by atomic mass is 32.2. The van der Waals surface area contributed by atoms with Gasteiger partial charge in [-0.1, -0.05) is 13.8 Å². The third-order valence-electron chi connectivity index (χ3n) is 2.96. The summed E-state index contributed by atoms with van der Waals surface area (Å²) in [6.45, 7) is 8.08. The van der Waals surface area contributed by atoms with E-state index in [1.54, 1.807) is 6.92 Å². The highest BCUT2D eigenvalue weighted by Gasteiger charge is 2.22. The van der Waals surface area contributed by atoms with Crippen molar-refractivity contribution >= 4 is 15.7 Å². The van der Waals surface area contributed by atoms with Crippen LogP contribution in [0, 0.1) is 25.6 Å². The topological polar surface area (TPSA) is 81.4 Å². The van der Waals surface area contributed by atoms with Gasteiger partial charge >= 0.3 is 0 Å². The van der Waals surface area contributed by atoms with Gasteiger partial charge < -0.3 is 10.5 Å². The van der Waals surface area contributed by atoms with Gasteiger partial charge in [0.25, 0.3) is 0 Å². The Morgan fingerprint density at radius 3 is 2.57 bits per heavy atom. The lowest BCUT2D eigenvalue weighted by atomic mass is 10.1. The largest absolute Gasteiger partial charge is 0.396 e. The fourth-order valence-corrected chi connectivity index (χ4v) is 3.48. The van der Waals surface area contributed by atoms with Crippen LogP contribution >= 0.6 is 0 Å². The Morgan fingerprint density at radius 1 is 1.38 bits per heavy atom. The van der Waals surface area contributed by atoms with Crippen molar-refractivity contribution in [1.29, 1.82) is 0 Å². The molecule has 0 saturated heterocycles. The fourth-order valence-electron chi connectivity index (χ4n) is 1.98. The Hall–Kier alpha value is -1.18. The van der Waals surface area contributed by atoms with Gasteiger partial charge in [-0.05, 0) is 37.0 Å². The molecule has 0 amide bonds. The lowest BCUT2D eigenvalue weighted by Crippen LogP contribution is -2.29. The first kappa shape index (κ1) is 17.9. The van der Waals surface area contributed by atoms with Crippen molar-refractivity contribution in [3.63, 3.8) is 0 Å². The highest BCUT2D eigenvalue weighted by Crippen LogP contribution is 2.27. The molecule has 3 N–H and O–H groups in total. The van der Waals surface area contributed by atoms with E-state index in [-0.39, 0.29) is 29.3 Å². The molecule has 0 aliphatic carbocycles. The molecule has 7 heteroatoms. The third-order valence-corrected chi connectivity index (χ3v) is 4.71. The highest BCUT2D eigenvalue weighted by molar-refractivity contribution is 7.89. The molecule has 0 aliphatic rings. The summed E-state index contributed by atoms with van der Waals surface area (Å²) in [5.74, 6) is -0.216. The van der Waals surface area contributed by atoms with Gasteiger partial charge in [0.05, 0.1) is 17.2 Å². The zero-order valence-corrected chi connectivity index (χ0v) is 13.7. The van der Waals surface area contributed by atoms with Crippen LogP contribution in [0.2, 0.25) is 0 Å². The SMILES string of the molecule is Cc1cc(F)c(N)c(C)c1S(=O)(=O)NCCOCC(C)C. The minimum atomic E-state index is -3.74. The van der Waals surface area contributed by atoms with Crippen LogP contribution in [0.3, 0.4) is 0 Å². The van der Waals surface area contributed by atoms with Gasteiger partial charge in [-0.15, -0.1) is 0 Å². The summed E-state index contributed by atoms with van der Waals surface area (Å²) in [5, 5.41) is 0. The second kappa shape index (κ2) is 7.20. The average molecular weight is 318 g/mol. The Labute approximate surface area is 125 Å². The molecule has 1 rings (SSSR count). The number of nitrogens with two attached hydrogens (primary N) is 1. The zero-order valence-electron chi connectivity index (χ0n) is 12.9. The molecule has 0 aliphatic heterocycles. The minimum Gasteiger partial charge on any atom is -0.396 e. The van der Waals surface area contributed by atoms with Crippen molar-refractivity contribution < 1.29 is 17.5 Å². The molecule has 21 heavy (non-hydrogen) atoms. The van der Waals surface area contributed by atoms with Crippen molar-refractivity contribution in [2.24, 2.45) is 5.92 Å². The van der Waals surface area contributed by atoms with Crippen LogP contribution in [0.5, 0.6) is 0 Å². The fraction of sp³-hybridized carbons (Fsp3) is 0.571. The number of halogens is 1. The van der Waals surface area contributed by atoms with Gasteiger partial charge in [0.2, 0.25) is 10.0 Å². The first-order valence-corrected chi connectivity index (χ1v) is 8.27. The molecule has 120 valence electrons. The molecule has 5 nitrogen and oxygen atoms in total. The molecule has 1 aromatic rings. The molecule has 0 radical (unpaired) electrons. The Kier molecular flexibility index (Phi) is 6.12. The van der Waals surface area contributed by atoms with E-state index in [9.17, 15) is 12.8 Å².